The highest BCUT2D eigenvalue weighted by Crippen LogP contribution is 2.30. The monoisotopic (exact) mass is 363 g/mol. The minimum atomic E-state index is -0.207. The highest BCUT2D eigenvalue weighted by atomic mass is 19.1. The molecule has 3 heterocycles. The molecule has 138 valence electrons. The number of nitrogens with zero attached hydrogens (tertiary/aromatic N) is 3. The average molecular weight is 363 g/mol. The van der Waals surface area contributed by atoms with E-state index in [2.05, 4.69) is 27.0 Å². The summed E-state index contributed by atoms with van der Waals surface area (Å²) in [4.78, 5) is 10.9. The molecule has 1 aromatic carbocycles. The lowest BCUT2D eigenvalue weighted by molar-refractivity contribution is 0.320. The third kappa shape index (κ3) is 3.98. The molecular formula is C22H22FN3O. The van der Waals surface area contributed by atoms with Crippen LogP contribution < -0.4 is 4.74 Å². The molecule has 1 atom stereocenters. The van der Waals surface area contributed by atoms with Crippen LogP contribution in [0.2, 0.25) is 0 Å². The molecule has 27 heavy (non-hydrogen) atoms. The normalized spacial score (nSPS) is 17.2. The van der Waals surface area contributed by atoms with Crippen LogP contribution in [0.15, 0.2) is 61.1 Å². The number of benzene rings is 1. The maximum absolute atomic E-state index is 14.2. The summed E-state index contributed by atoms with van der Waals surface area (Å²) in [5.41, 5.74) is 4.04. The van der Waals surface area contributed by atoms with E-state index in [0.29, 0.717) is 23.8 Å². The Morgan fingerprint density at radius 3 is 2.74 bits per heavy atom. The summed E-state index contributed by atoms with van der Waals surface area (Å²) in [7, 11) is 1.55. The van der Waals surface area contributed by atoms with Crippen molar-refractivity contribution in [2.45, 2.75) is 18.9 Å². The highest BCUT2D eigenvalue weighted by molar-refractivity contribution is 5.59. The number of likely N-dealkylation sites (tertiary alicyclic amines) is 1. The summed E-state index contributed by atoms with van der Waals surface area (Å²) in [5, 5.41) is 0. The zero-order valence-corrected chi connectivity index (χ0v) is 15.3. The molecule has 0 saturated carbocycles. The van der Waals surface area contributed by atoms with Gasteiger partial charge in [-0.25, -0.2) is 4.39 Å². The largest absolute Gasteiger partial charge is 0.497 e. The van der Waals surface area contributed by atoms with Crippen LogP contribution in [0.5, 0.6) is 5.75 Å². The zero-order valence-electron chi connectivity index (χ0n) is 15.3. The van der Waals surface area contributed by atoms with E-state index in [0.717, 1.165) is 30.8 Å². The first-order chi connectivity index (χ1) is 13.2. The summed E-state index contributed by atoms with van der Waals surface area (Å²) in [5.74, 6) is 0.785. The van der Waals surface area contributed by atoms with Gasteiger partial charge in [-0.3, -0.25) is 14.9 Å². The number of aromatic nitrogens is 2. The fourth-order valence-electron chi connectivity index (χ4n) is 3.65. The van der Waals surface area contributed by atoms with Gasteiger partial charge in [-0.15, -0.1) is 0 Å². The first-order valence-corrected chi connectivity index (χ1v) is 9.14. The van der Waals surface area contributed by atoms with E-state index >= 15 is 0 Å². The van der Waals surface area contributed by atoms with E-state index in [-0.39, 0.29) is 5.82 Å². The summed E-state index contributed by atoms with van der Waals surface area (Å²) >= 11 is 0. The molecule has 1 fully saturated rings. The Labute approximate surface area is 158 Å². The number of rotatable bonds is 5. The third-order valence-electron chi connectivity index (χ3n) is 5.16. The second-order valence-electron chi connectivity index (χ2n) is 6.89. The van der Waals surface area contributed by atoms with Gasteiger partial charge >= 0.3 is 0 Å². The first-order valence-electron chi connectivity index (χ1n) is 9.14. The van der Waals surface area contributed by atoms with Gasteiger partial charge in [0.2, 0.25) is 0 Å². The quantitative estimate of drug-likeness (QED) is 0.678. The van der Waals surface area contributed by atoms with Crippen LogP contribution in [0.3, 0.4) is 0 Å². The molecule has 0 amide bonds. The summed E-state index contributed by atoms with van der Waals surface area (Å²) in [6.45, 7) is 2.50. The number of halogens is 1. The van der Waals surface area contributed by atoms with E-state index in [9.17, 15) is 4.39 Å². The zero-order chi connectivity index (χ0) is 18.6. The van der Waals surface area contributed by atoms with E-state index < -0.39 is 0 Å². The molecule has 1 aliphatic heterocycles. The predicted molar refractivity (Wildman–Crippen MR) is 103 cm³/mol. The van der Waals surface area contributed by atoms with Crippen molar-refractivity contribution in [3.63, 3.8) is 0 Å². The SMILES string of the molecule is COc1ccc(CN2CCC(c3ccnc(-c4ccncc4)c3)C2)c(F)c1. The van der Waals surface area contributed by atoms with E-state index in [1.807, 2.05) is 30.5 Å². The predicted octanol–water partition coefficient (Wildman–Crippen LogP) is 4.28. The minimum absolute atomic E-state index is 0.207. The Morgan fingerprint density at radius 1 is 1.11 bits per heavy atom. The molecule has 0 N–H and O–H groups in total. The van der Waals surface area contributed by atoms with Crippen molar-refractivity contribution in [3.05, 3.63) is 78.0 Å². The van der Waals surface area contributed by atoms with Gasteiger partial charge in [0.05, 0.1) is 12.8 Å². The van der Waals surface area contributed by atoms with Crippen LogP contribution in [0.1, 0.15) is 23.5 Å². The molecule has 4 nitrogen and oxygen atoms in total. The molecule has 1 saturated heterocycles. The number of ether oxygens (including phenoxy) is 1. The summed E-state index contributed by atoms with van der Waals surface area (Å²) in [6.07, 6.45) is 6.50. The van der Waals surface area contributed by atoms with Crippen molar-refractivity contribution in [2.75, 3.05) is 20.2 Å². The van der Waals surface area contributed by atoms with Crippen LogP contribution >= 0.6 is 0 Å². The van der Waals surface area contributed by atoms with Crippen molar-refractivity contribution in [2.24, 2.45) is 0 Å². The number of hydrogen-bond donors (Lipinski definition) is 0. The molecule has 0 radical (unpaired) electrons. The lowest BCUT2D eigenvalue weighted by Crippen LogP contribution is -2.20. The lowest BCUT2D eigenvalue weighted by Gasteiger charge is -2.17. The molecule has 5 heteroatoms. The van der Waals surface area contributed by atoms with Crippen molar-refractivity contribution in [1.29, 1.82) is 0 Å². The summed E-state index contributed by atoms with van der Waals surface area (Å²) < 4.78 is 19.3. The second-order valence-corrected chi connectivity index (χ2v) is 6.89. The maximum atomic E-state index is 14.2. The van der Waals surface area contributed by atoms with Crippen LogP contribution in [0.25, 0.3) is 11.3 Å². The van der Waals surface area contributed by atoms with Crippen molar-refractivity contribution in [3.8, 4) is 17.0 Å². The molecule has 3 aromatic rings. The van der Waals surface area contributed by atoms with Crippen molar-refractivity contribution >= 4 is 0 Å². The van der Waals surface area contributed by atoms with Crippen molar-refractivity contribution < 1.29 is 9.13 Å². The Hall–Kier alpha value is -2.79. The molecule has 1 aliphatic rings. The van der Waals surface area contributed by atoms with Gasteiger partial charge in [0, 0.05) is 48.9 Å². The van der Waals surface area contributed by atoms with Gasteiger partial charge in [0.1, 0.15) is 11.6 Å². The van der Waals surface area contributed by atoms with E-state index in [4.69, 9.17) is 4.74 Å². The standard InChI is InChI=1S/C22H22FN3O/c1-27-20-3-2-19(21(23)13-20)15-26-11-7-18(14-26)17-6-10-25-22(12-17)16-4-8-24-9-5-16/h2-6,8-10,12-13,18H,7,11,14-15H2,1H3. The van der Waals surface area contributed by atoms with Crippen molar-refractivity contribution in [1.82, 2.24) is 14.9 Å². The number of methoxy groups -OCH3 is 1. The fourth-order valence-corrected chi connectivity index (χ4v) is 3.65. The number of pyridine rings is 2. The maximum Gasteiger partial charge on any atom is 0.131 e. The molecule has 1 unspecified atom stereocenters. The van der Waals surface area contributed by atoms with Gasteiger partial charge in [-0.2, -0.15) is 0 Å². The van der Waals surface area contributed by atoms with Gasteiger partial charge in [0.15, 0.2) is 0 Å². The van der Waals surface area contributed by atoms with Gasteiger partial charge < -0.3 is 4.74 Å². The van der Waals surface area contributed by atoms with Gasteiger partial charge in [-0.1, -0.05) is 6.07 Å². The van der Waals surface area contributed by atoms with Gasteiger partial charge in [-0.05, 0) is 54.8 Å². The highest BCUT2D eigenvalue weighted by Gasteiger charge is 2.25. The molecule has 0 aliphatic carbocycles. The molecule has 0 bridgehead atoms. The Morgan fingerprint density at radius 2 is 1.96 bits per heavy atom. The molecule has 2 aromatic heterocycles. The Balaban J connectivity index is 1.45. The second kappa shape index (κ2) is 7.84. The number of hydrogen-bond acceptors (Lipinski definition) is 4. The first kappa shape index (κ1) is 17.6. The van der Waals surface area contributed by atoms with Crippen LogP contribution in [-0.4, -0.2) is 35.1 Å². The van der Waals surface area contributed by atoms with E-state index in [1.54, 1.807) is 19.5 Å². The molecule has 0 spiro atoms. The van der Waals surface area contributed by atoms with Crippen LogP contribution in [0.4, 0.5) is 4.39 Å². The Bertz CT molecular complexity index is 916. The minimum Gasteiger partial charge on any atom is -0.497 e. The fraction of sp³-hybridized carbons (Fsp3) is 0.273. The van der Waals surface area contributed by atoms with Gasteiger partial charge in [0.25, 0.3) is 0 Å². The lowest BCUT2D eigenvalue weighted by atomic mass is 9.97. The third-order valence-corrected chi connectivity index (χ3v) is 5.16. The molecule has 4 rings (SSSR count). The smallest absolute Gasteiger partial charge is 0.131 e. The average Bonchev–Trinajstić information content (AvgIpc) is 3.19. The Kier molecular flexibility index (Phi) is 5.12. The van der Waals surface area contributed by atoms with E-state index in [1.165, 1.54) is 11.6 Å². The van der Waals surface area contributed by atoms with Crippen LogP contribution in [-0.2, 0) is 6.54 Å². The van der Waals surface area contributed by atoms with Crippen LogP contribution in [0, 0.1) is 5.82 Å². The topological polar surface area (TPSA) is 38.2 Å². The summed E-state index contributed by atoms with van der Waals surface area (Å²) in [6, 6.07) is 13.3. The molecular weight excluding hydrogens is 341 g/mol.